The molecule has 2 N–H and O–H groups in total. The predicted octanol–water partition coefficient (Wildman–Crippen LogP) is 2.09. The first-order valence-electron chi connectivity index (χ1n) is 6.52. The minimum atomic E-state index is -0.655. The third-order valence-corrected chi connectivity index (χ3v) is 3.72. The summed E-state index contributed by atoms with van der Waals surface area (Å²) >= 11 is 1.62. The molecule has 1 atom stereocenters. The zero-order valence-corrected chi connectivity index (χ0v) is 12.7. The second-order valence-corrected chi connectivity index (χ2v) is 5.70. The lowest BCUT2D eigenvalue weighted by atomic mass is 10.1. The average molecular weight is 307 g/mol. The predicted molar refractivity (Wildman–Crippen MR) is 83.8 cm³/mol. The lowest BCUT2D eigenvalue weighted by Gasteiger charge is -2.11. The van der Waals surface area contributed by atoms with Crippen LogP contribution < -0.4 is 16.1 Å². The number of fused-ring (bicyclic) bond motifs is 1. The van der Waals surface area contributed by atoms with E-state index in [-0.39, 0.29) is 0 Å². The molecule has 1 heterocycles. The maximum absolute atomic E-state index is 11.8. The summed E-state index contributed by atoms with van der Waals surface area (Å²) in [6.07, 6.45) is 2.51. The number of nitrogens with two attached hydrogens (primary N) is 1. The Balaban J connectivity index is 2.20. The van der Waals surface area contributed by atoms with Crippen molar-refractivity contribution in [3.63, 3.8) is 0 Å². The SMILES string of the molecule is CSCCC(N)C(=O)Oc1ccc2c(C)cc(=O)oc2c1. The quantitative estimate of drug-likeness (QED) is 0.517. The Morgan fingerprint density at radius 2 is 2.19 bits per heavy atom. The molecule has 0 fully saturated rings. The molecular formula is C15H17NO4S. The van der Waals surface area contributed by atoms with Gasteiger partial charge >= 0.3 is 11.6 Å². The number of carbonyl (C=O) groups is 1. The first kappa shape index (κ1) is 15.6. The van der Waals surface area contributed by atoms with E-state index < -0.39 is 17.6 Å². The van der Waals surface area contributed by atoms with Crippen molar-refractivity contribution >= 4 is 28.7 Å². The molecule has 2 aromatic rings. The topological polar surface area (TPSA) is 82.5 Å². The summed E-state index contributed by atoms with van der Waals surface area (Å²) in [6, 6.07) is 5.71. The lowest BCUT2D eigenvalue weighted by Crippen LogP contribution is -2.34. The van der Waals surface area contributed by atoms with Crippen molar-refractivity contribution in [1.82, 2.24) is 0 Å². The van der Waals surface area contributed by atoms with Crippen LogP contribution in [0, 0.1) is 6.92 Å². The highest BCUT2D eigenvalue weighted by molar-refractivity contribution is 7.98. The Labute approximate surface area is 126 Å². The number of thioether (sulfide) groups is 1. The van der Waals surface area contributed by atoms with Crippen molar-refractivity contribution in [2.24, 2.45) is 5.73 Å². The van der Waals surface area contributed by atoms with Crippen LogP contribution in [0.3, 0.4) is 0 Å². The normalized spacial score (nSPS) is 12.3. The van der Waals surface area contributed by atoms with Crippen LogP contribution in [-0.4, -0.2) is 24.0 Å². The van der Waals surface area contributed by atoms with Gasteiger partial charge in [-0.3, -0.25) is 0 Å². The van der Waals surface area contributed by atoms with Crippen LogP contribution in [-0.2, 0) is 4.79 Å². The zero-order chi connectivity index (χ0) is 15.4. The van der Waals surface area contributed by atoms with Crippen molar-refractivity contribution in [2.75, 3.05) is 12.0 Å². The molecule has 0 saturated carbocycles. The van der Waals surface area contributed by atoms with E-state index in [0.29, 0.717) is 17.8 Å². The number of rotatable bonds is 5. The third kappa shape index (κ3) is 3.86. The molecule has 112 valence electrons. The van der Waals surface area contributed by atoms with Crippen molar-refractivity contribution in [1.29, 1.82) is 0 Å². The van der Waals surface area contributed by atoms with E-state index in [1.165, 1.54) is 12.1 Å². The molecule has 1 unspecified atom stereocenters. The van der Waals surface area contributed by atoms with E-state index in [4.69, 9.17) is 14.9 Å². The second kappa shape index (κ2) is 6.78. The van der Waals surface area contributed by atoms with Gasteiger partial charge in [0.15, 0.2) is 0 Å². The van der Waals surface area contributed by atoms with Gasteiger partial charge in [0, 0.05) is 17.5 Å². The van der Waals surface area contributed by atoms with E-state index in [0.717, 1.165) is 16.7 Å². The maximum Gasteiger partial charge on any atom is 0.336 e. The lowest BCUT2D eigenvalue weighted by molar-refractivity contribution is -0.135. The fraction of sp³-hybridized carbons (Fsp3) is 0.333. The summed E-state index contributed by atoms with van der Waals surface area (Å²) in [6.45, 7) is 1.82. The van der Waals surface area contributed by atoms with Crippen LogP contribution in [0.4, 0.5) is 0 Å². The summed E-state index contributed by atoms with van der Waals surface area (Å²) in [5.41, 5.74) is 6.53. The molecule has 0 spiro atoms. The van der Waals surface area contributed by atoms with E-state index in [1.807, 2.05) is 13.2 Å². The van der Waals surface area contributed by atoms with Crippen molar-refractivity contribution in [3.05, 3.63) is 40.2 Å². The first-order valence-corrected chi connectivity index (χ1v) is 7.91. The van der Waals surface area contributed by atoms with Gasteiger partial charge in [0.1, 0.15) is 17.4 Å². The van der Waals surface area contributed by atoms with E-state index in [9.17, 15) is 9.59 Å². The Morgan fingerprint density at radius 1 is 1.43 bits per heavy atom. The Kier molecular flexibility index (Phi) is 5.03. The Bertz CT molecular complexity index is 710. The molecule has 0 radical (unpaired) electrons. The molecule has 0 aliphatic carbocycles. The fourth-order valence-corrected chi connectivity index (χ4v) is 2.41. The molecule has 5 nitrogen and oxygen atoms in total. The Morgan fingerprint density at radius 3 is 2.90 bits per heavy atom. The maximum atomic E-state index is 11.8. The fourth-order valence-electron chi connectivity index (χ4n) is 1.92. The Hall–Kier alpha value is -1.79. The minimum Gasteiger partial charge on any atom is -0.425 e. The van der Waals surface area contributed by atoms with Gasteiger partial charge in [0.2, 0.25) is 0 Å². The summed E-state index contributed by atoms with van der Waals surface area (Å²) in [5.74, 6) is 0.626. The minimum absolute atomic E-state index is 0.320. The van der Waals surface area contributed by atoms with Crippen LogP contribution in [0.15, 0.2) is 33.5 Å². The van der Waals surface area contributed by atoms with Crippen molar-refractivity contribution in [2.45, 2.75) is 19.4 Å². The highest BCUT2D eigenvalue weighted by atomic mass is 32.2. The van der Waals surface area contributed by atoms with Crippen LogP contribution in [0.1, 0.15) is 12.0 Å². The molecule has 1 aromatic heterocycles. The molecule has 6 heteroatoms. The molecule has 1 aromatic carbocycles. The molecular weight excluding hydrogens is 290 g/mol. The van der Waals surface area contributed by atoms with Gasteiger partial charge in [0.25, 0.3) is 0 Å². The summed E-state index contributed by atoms with van der Waals surface area (Å²) in [4.78, 5) is 23.2. The monoisotopic (exact) mass is 307 g/mol. The zero-order valence-electron chi connectivity index (χ0n) is 11.9. The van der Waals surface area contributed by atoms with Crippen LogP contribution in [0.5, 0.6) is 5.75 Å². The molecule has 21 heavy (non-hydrogen) atoms. The largest absolute Gasteiger partial charge is 0.425 e. The summed E-state index contributed by atoms with van der Waals surface area (Å²) in [5, 5.41) is 0.807. The smallest absolute Gasteiger partial charge is 0.336 e. The average Bonchev–Trinajstić information content (AvgIpc) is 2.44. The van der Waals surface area contributed by atoms with E-state index in [2.05, 4.69) is 0 Å². The third-order valence-electron chi connectivity index (χ3n) is 3.08. The standard InChI is InChI=1S/C15H17NO4S/c1-9-7-14(17)20-13-8-10(3-4-11(9)13)19-15(18)12(16)5-6-21-2/h3-4,7-8,12H,5-6,16H2,1-2H3. The van der Waals surface area contributed by atoms with Gasteiger partial charge in [-0.25, -0.2) is 9.59 Å². The highest BCUT2D eigenvalue weighted by Crippen LogP contribution is 2.22. The van der Waals surface area contributed by atoms with Gasteiger partial charge in [-0.2, -0.15) is 11.8 Å². The van der Waals surface area contributed by atoms with Gasteiger partial charge in [-0.05, 0) is 43.0 Å². The first-order chi connectivity index (χ1) is 10.0. The number of hydrogen-bond donors (Lipinski definition) is 1. The number of hydrogen-bond acceptors (Lipinski definition) is 6. The van der Waals surface area contributed by atoms with Crippen LogP contribution in [0.25, 0.3) is 11.0 Å². The summed E-state index contributed by atoms with van der Waals surface area (Å²) in [7, 11) is 0. The van der Waals surface area contributed by atoms with Gasteiger partial charge in [-0.1, -0.05) is 0 Å². The van der Waals surface area contributed by atoms with E-state index >= 15 is 0 Å². The molecule has 2 rings (SSSR count). The number of ether oxygens (including phenoxy) is 1. The van der Waals surface area contributed by atoms with Crippen molar-refractivity contribution < 1.29 is 13.9 Å². The molecule has 0 bridgehead atoms. The number of esters is 1. The van der Waals surface area contributed by atoms with Crippen LogP contribution >= 0.6 is 11.8 Å². The molecule has 0 aliphatic rings. The number of benzene rings is 1. The highest BCUT2D eigenvalue weighted by Gasteiger charge is 2.16. The number of aryl methyl sites for hydroxylation is 1. The molecule has 0 amide bonds. The molecule has 0 saturated heterocycles. The second-order valence-electron chi connectivity index (χ2n) is 4.72. The number of carbonyl (C=O) groups excluding carboxylic acids is 1. The summed E-state index contributed by atoms with van der Waals surface area (Å²) < 4.78 is 10.3. The van der Waals surface area contributed by atoms with Crippen molar-refractivity contribution in [3.8, 4) is 5.75 Å². The molecule has 0 aliphatic heterocycles. The van der Waals surface area contributed by atoms with E-state index in [1.54, 1.807) is 23.9 Å². The van der Waals surface area contributed by atoms with Gasteiger partial charge in [0.05, 0.1) is 0 Å². The van der Waals surface area contributed by atoms with Gasteiger partial charge < -0.3 is 14.9 Å². The van der Waals surface area contributed by atoms with Crippen LogP contribution in [0.2, 0.25) is 0 Å². The van der Waals surface area contributed by atoms with Gasteiger partial charge in [-0.15, -0.1) is 0 Å².